The SMILES string of the molecule is Nc1ncccc1CC1CCCNCC1. The van der Waals surface area contributed by atoms with Crippen molar-refractivity contribution >= 4 is 5.82 Å². The van der Waals surface area contributed by atoms with E-state index in [0.29, 0.717) is 5.82 Å². The lowest BCUT2D eigenvalue weighted by molar-refractivity contribution is 0.470. The van der Waals surface area contributed by atoms with Gasteiger partial charge in [0.25, 0.3) is 0 Å². The third kappa shape index (κ3) is 2.93. The zero-order valence-corrected chi connectivity index (χ0v) is 9.08. The number of hydrogen-bond donors (Lipinski definition) is 2. The lowest BCUT2D eigenvalue weighted by atomic mass is 9.93. The summed E-state index contributed by atoms with van der Waals surface area (Å²) in [6.07, 6.45) is 6.69. The lowest BCUT2D eigenvalue weighted by Gasteiger charge is -2.14. The van der Waals surface area contributed by atoms with Crippen LogP contribution in [0.1, 0.15) is 24.8 Å². The Balaban J connectivity index is 1.98. The minimum atomic E-state index is 0.703. The van der Waals surface area contributed by atoms with E-state index in [9.17, 15) is 0 Å². The Morgan fingerprint density at radius 1 is 1.40 bits per heavy atom. The summed E-state index contributed by atoms with van der Waals surface area (Å²) in [4.78, 5) is 4.13. The van der Waals surface area contributed by atoms with E-state index < -0.39 is 0 Å². The second kappa shape index (κ2) is 5.12. The van der Waals surface area contributed by atoms with E-state index in [4.69, 9.17) is 5.73 Å². The average molecular weight is 205 g/mol. The Hall–Kier alpha value is -1.09. The number of nitrogens with one attached hydrogen (secondary N) is 1. The van der Waals surface area contributed by atoms with E-state index in [-0.39, 0.29) is 0 Å². The van der Waals surface area contributed by atoms with Gasteiger partial charge in [-0.3, -0.25) is 0 Å². The number of nitrogens with zero attached hydrogens (tertiary/aromatic N) is 1. The van der Waals surface area contributed by atoms with Gasteiger partial charge in [0.05, 0.1) is 0 Å². The first-order chi connectivity index (χ1) is 7.36. The fourth-order valence-corrected chi connectivity index (χ4v) is 2.23. The van der Waals surface area contributed by atoms with Gasteiger partial charge >= 0.3 is 0 Å². The molecule has 1 aromatic heterocycles. The molecule has 1 aromatic rings. The van der Waals surface area contributed by atoms with Crippen LogP contribution in [-0.2, 0) is 6.42 Å². The summed E-state index contributed by atoms with van der Waals surface area (Å²) >= 11 is 0. The topological polar surface area (TPSA) is 50.9 Å². The molecule has 1 unspecified atom stereocenters. The number of nitrogens with two attached hydrogens (primary N) is 1. The van der Waals surface area contributed by atoms with Crippen LogP contribution < -0.4 is 11.1 Å². The van der Waals surface area contributed by atoms with E-state index >= 15 is 0 Å². The first-order valence-electron chi connectivity index (χ1n) is 5.76. The van der Waals surface area contributed by atoms with Crippen LogP contribution in [0.5, 0.6) is 0 Å². The van der Waals surface area contributed by atoms with E-state index in [0.717, 1.165) is 18.9 Å². The van der Waals surface area contributed by atoms with E-state index in [2.05, 4.69) is 16.4 Å². The third-order valence-electron chi connectivity index (χ3n) is 3.13. The van der Waals surface area contributed by atoms with Crippen LogP contribution >= 0.6 is 0 Å². The summed E-state index contributed by atoms with van der Waals surface area (Å²) in [6, 6.07) is 4.07. The van der Waals surface area contributed by atoms with Gasteiger partial charge in [-0.1, -0.05) is 6.07 Å². The molecule has 0 spiro atoms. The molecule has 0 aromatic carbocycles. The molecule has 1 fully saturated rings. The first-order valence-corrected chi connectivity index (χ1v) is 5.76. The fourth-order valence-electron chi connectivity index (χ4n) is 2.23. The molecule has 82 valence electrons. The predicted octanol–water partition coefficient (Wildman–Crippen LogP) is 1.60. The second-order valence-electron chi connectivity index (χ2n) is 4.30. The van der Waals surface area contributed by atoms with E-state index in [1.165, 1.54) is 31.4 Å². The van der Waals surface area contributed by atoms with Crippen LogP contribution in [0.3, 0.4) is 0 Å². The molecular weight excluding hydrogens is 186 g/mol. The Kier molecular flexibility index (Phi) is 3.56. The molecule has 3 nitrogen and oxygen atoms in total. The lowest BCUT2D eigenvalue weighted by Crippen LogP contribution is -2.14. The number of pyridine rings is 1. The van der Waals surface area contributed by atoms with Crippen molar-refractivity contribution in [1.29, 1.82) is 0 Å². The van der Waals surface area contributed by atoms with Crippen molar-refractivity contribution < 1.29 is 0 Å². The molecule has 15 heavy (non-hydrogen) atoms. The van der Waals surface area contributed by atoms with Gasteiger partial charge in [0.2, 0.25) is 0 Å². The van der Waals surface area contributed by atoms with Crippen LogP contribution in [0.25, 0.3) is 0 Å². The molecule has 0 aliphatic carbocycles. The van der Waals surface area contributed by atoms with Gasteiger partial charge < -0.3 is 11.1 Å². The Labute approximate surface area is 91.1 Å². The number of hydrogen-bond acceptors (Lipinski definition) is 3. The van der Waals surface area contributed by atoms with Crippen molar-refractivity contribution in [3.05, 3.63) is 23.9 Å². The summed E-state index contributed by atoms with van der Waals surface area (Å²) in [5.41, 5.74) is 7.06. The second-order valence-corrected chi connectivity index (χ2v) is 4.30. The monoisotopic (exact) mass is 205 g/mol. The van der Waals surface area contributed by atoms with Gasteiger partial charge in [0.1, 0.15) is 5.82 Å². The first kappa shape index (κ1) is 10.4. The summed E-state index contributed by atoms with van der Waals surface area (Å²) in [5.74, 6) is 1.47. The maximum absolute atomic E-state index is 5.85. The zero-order chi connectivity index (χ0) is 10.5. The van der Waals surface area contributed by atoms with E-state index in [1.54, 1.807) is 6.20 Å². The van der Waals surface area contributed by atoms with Crippen molar-refractivity contribution in [3.8, 4) is 0 Å². The molecule has 2 heterocycles. The molecular formula is C12H19N3. The minimum Gasteiger partial charge on any atom is -0.383 e. The number of aromatic nitrogens is 1. The highest BCUT2D eigenvalue weighted by Gasteiger charge is 2.13. The predicted molar refractivity (Wildman–Crippen MR) is 62.6 cm³/mol. The van der Waals surface area contributed by atoms with Gasteiger partial charge in [0, 0.05) is 6.20 Å². The Morgan fingerprint density at radius 3 is 3.20 bits per heavy atom. The minimum absolute atomic E-state index is 0.703. The van der Waals surface area contributed by atoms with Gasteiger partial charge in [-0.25, -0.2) is 4.98 Å². The van der Waals surface area contributed by atoms with Crippen LogP contribution in [0.4, 0.5) is 5.82 Å². The van der Waals surface area contributed by atoms with Crippen LogP contribution in [0, 0.1) is 5.92 Å². The van der Waals surface area contributed by atoms with E-state index in [1.807, 2.05) is 6.07 Å². The fraction of sp³-hybridized carbons (Fsp3) is 0.583. The molecule has 3 N–H and O–H groups in total. The van der Waals surface area contributed by atoms with Gasteiger partial charge in [0.15, 0.2) is 0 Å². The summed E-state index contributed by atoms with van der Waals surface area (Å²) in [7, 11) is 0. The van der Waals surface area contributed by atoms with Crippen LogP contribution in [-0.4, -0.2) is 18.1 Å². The highest BCUT2D eigenvalue weighted by atomic mass is 14.9. The maximum Gasteiger partial charge on any atom is 0.126 e. The normalized spacial score (nSPS) is 22.3. The maximum atomic E-state index is 5.85. The Morgan fingerprint density at radius 2 is 2.33 bits per heavy atom. The average Bonchev–Trinajstić information content (AvgIpc) is 2.50. The zero-order valence-electron chi connectivity index (χ0n) is 9.08. The molecule has 1 aliphatic rings. The molecule has 0 radical (unpaired) electrons. The molecule has 1 saturated heterocycles. The highest BCUT2D eigenvalue weighted by molar-refractivity contribution is 5.38. The van der Waals surface area contributed by atoms with Crippen LogP contribution in [0.15, 0.2) is 18.3 Å². The van der Waals surface area contributed by atoms with Crippen molar-refractivity contribution in [2.75, 3.05) is 18.8 Å². The number of anilines is 1. The standard InChI is InChI=1S/C12H19N3/c13-12-11(4-2-7-15-12)9-10-3-1-6-14-8-5-10/h2,4,7,10,14H,1,3,5-6,8-9H2,(H2,13,15). The largest absolute Gasteiger partial charge is 0.383 e. The molecule has 1 aliphatic heterocycles. The molecule has 0 amide bonds. The quantitative estimate of drug-likeness (QED) is 0.771. The smallest absolute Gasteiger partial charge is 0.126 e. The summed E-state index contributed by atoms with van der Waals surface area (Å²) in [5, 5.41) is 3.43. The van der Waals surface area contributed by atoms with Crippen molar-refractivity contribution in [3.63, 3.8) is 0 Å². The molecule has 0 bridgehead atoms. The van der Waals surface area contributed by atoms with Gasteiger partial charge in [-0.05, 0) is 56.3 Å². The van der Waals surface area contributed by atoms with Crippen molar-refractivity contribution in [1.82, 2.24) is 10.3 Å². The Bertz CT molecular complexity index is 303. The molecule has 1 atom stereocenters. The van der Waals surface area contributed by atoms with Crippen molar-refractivity contribution in [2.45, 2.75) is 25.7 Å². The third-order valence-corrected chi connectivity index (χ3v) is 3.13. The van der Waals surface area contributed by atoms with Gasteiger partial charge in [-0.2, -0.15) is 0 Å². The molecule has 3 heteroatoms. The molecule has 0 saturated carbocycles. The van der Waals surface area contributed by atoms with Crippen LogP contribution in [0.2, 0.25) is 0 Å². The summed E-state index contributed by atoms with van der Waals surface area (Å²) in [6.45, 7) is 2.31. The molecule has 2 rings (SSSR count). The number of nitrogen functional groups attached to an aromatic ring is 1. The van der Waals surface area contributed by atoms with Crippen molar-refractivity contribution in [2.24, 2.45) is 5.92 Å². The highest BCUT2D eigenvalue weighted by Crippen LogP contribution is 2.21. The number of rotatable bonds is 2. The van der Waals surface area contributed by atoms with Gasteiger partial charge in [-0.15, -0.1) is 0 Å². The summed E-state index contributed by atoms with van der Waals surface area (Å²) < 4.78 is 0.